The van der Waals surface area contributed by atoms with Crippen molar-refractivity contribution >= 4 is 46.5 Å². The Labute approximate surface area is 286 Å². The Morgan fingerprint density at radius 3 is 2.55 bits per heavy atom. The van der Waals surface area contributed by atoms with Crippen LogP contribution in [0.1, 0.15) is 70.9 Å². The van der Waals surface area contributed by atoms with Crippen molar-refractivity contribution in [2.45, 2.75) is 57.8 Å². The van der Waals surface area contributed by atoms with E-state index in [0.29, 0.717) is 30.8 Å². The zero-order chi connectivity index (χ0) is 34.4. The van der Waals surface area contributed by atoms with Gasteiger partial charge in [0.2, 0.25) is 6.10 Å². The van der Waals surface area contributed by atoms with Crippen LogP contribution in [0.2, 0.25) is 5.02 Å². The minimum atomic E-state index is -1.09. The summed E-state index contributed by atoms with van der Waals surface area (Å²) in [6, 6.07) is 15.0. The van der Waals surface area contributed by atoms with Crippen LogP contribution in [0.3, 0.4) is 0 Å². The van der Waals surface area contributed by atoms with Crippen LogP contribution in [0.25, 0.3) is 0 Å². The molecule has 12 nitrogen and oxygen atoms in total. The van der Waals surface area contributed by atoms with E-state index in [9.17, 15) is 23.9 Å². The van der Waals surface area contributed by atoms with Gasteiger partial charge in [0.1, 0.15) is 11.9 Å². The van der Waals surface area contributed by atoms with Gasteiger partial charge < -0.3 is 29.6 Å². The highest BCUT2D eigenvalue weighted by Gasteiger charge is 2.42. The second-order valence-electron chi connectivity index (χ2n) is 12.5. The van der Waals surface area contributed by atoms with Gasteiger partial charge >= 0.3 is 5.97 Å². The molecule has 3 aliphatic heterocycles. The highest BCUT2D eigenvalue weighted by Crippen LogP contribution is 2.39. The van der Waals surface area contributed by atoms with Crippen LogP contribution in [0.15, 0.2) is 65.8 Å². The fourth-order valence-corrected chi connectivity index (χ4v) is 6.94. The molecule has 0 bridgehead atoms. The van der Waals surface area contributed by atoms with Crippen LogP contribution >= 0.6 is 11.6 Å². The number of carboxylic acid groups (broad SMARTS) is 1. The molecule has 1 aromatic heterocycles. The van der Waals surface area contributed by atoms with Gasteiger partial charge in [0.25, 0.3) is 11.8 Å². The van der Waals surface area contributed by atoms with E-state index in [2.05, 4.69) is 44.0 Å². The van der Waals surface area contributed by atoms with Gasteiger partial charge in [-0.15, -0.1) is 10.2 Å². The largest absolute Gasteiger partial charge is 0.478 e. The van der Waals surface area contributed by atoms with Crippen molar-refractivity contribution in [3.05, 3.63) is 105 Å². The molecule has 0 spiro atoms. The van der Waals surface area contributed by atoms with Crippen molar-refractivity contribution in [3.63, 3.8) is 0 Å². The maximum absolute atomic E-state index is 14.8. The number of carbonyl (C=O) groups is 3. The van der Waals surface area contributed by atoms with Crippen LogP contribution in [0.4, 0.5) is 15.8 Å². The van der Waals surface area contributed by atoms with Crippen molar-refractivity contribution in [1.82, 2.24) is 19.7 Å². The molecule has 14 heteroatoms. The lowest BCUT2D eigenvalue weighted by Gasteiger charge is -2.40. The highest BCUT2D eigenvalue weighted by atomic mass is 35.5. The predicted molar refractivity (Wildman–Crippen MR) is 179 cm³/mol. The molecule has 0 fully saturated rings. The van der Waals surface area contributed by atoms with E-state index < -0.39 is 35.7 Å². The molecule has 3 aliphatic rings. The first kappa shape index (κ1) is 32.3. The third-order valence-electron chi connectivity index (χ3n) is 9.17. The molecular weight excluding hydrogens is 653 g/mol. The van der Waals surface area contributed by atoms with E-state index in [0.717, 1.165) is 29.4 Å². The number of amides is 2. The van der Waals surface area contributed by atoms with E-state index in [-0.39, 0.29) is 40.7 Å². The first-order valence-corrected chi connectivity index (χ1v) is 16.4. The summed E-state index contributed by atoms with van der Waals surface area (Å²) in [6.07, 6.45) is -0.609. The molecule has 3 aromatic carbocycles. The Kier molecular flexibility index (Phi) is 8.53. The normalized spacial score (nSPS) is 18.4. The van der Waals surface area contributed by atoms with Crippen LogP contribution in [-0.4, -0.2) is 67.5 Å². The fourth-order valence-electron chi connectivity index (χ4n) is 6.77. The summed E-state index contributed by atoms with van der Waals surface area (Å²) in [5.74, 6) is -0.621. The van der Waals surface area contributed by atoms with Crippen molar-refractivity contribution < 1.29 is 28.7 Å². The fraction of sp³-hybridized carbons (Fsp3) is 0.314. The summed E-state index contributed by atoms with van der Waals surface area (Å²) in [7, 11) is 0. The SMILES string of the molecule is CC(C)c1nnc2n1CCN(c1cccc3c1CCN(C(=O)[C@H]1CC(c4cccc(Cl)c4F)=NO1)[C@H]3C(=O)Nc1ccc(C(=O)O)cc1)C2. The minimum Gasteiger partial charge on any atom is -0.478 e. The van der Waals surface area contributed by atoms with Gasteiger partial charge in [0, 0.05) is 48.9 Å². The summed E-state index contributed by atoms with van der Waals surface area (Å²) >= 11 is 5.98. The number of nitrogens with one attached hydrogen (secondary N) is 1. The molecular formula is C35H33ClFN7O5. The molecule has 0 aliphatic carbocycles. The molecule has 0 saturated carbocycles. The molecule has 4 heterocycles. The second kappa shape index (κ2) is 13.0. The number of rotatable bonds is 7. The molecule has 0 radical (unpaired) electrons. The molecule has 0 saturated heterocycles. The minimum absolute atomic E-state index is 0.00267. The summed E-state index contributed by atoms with van der Waals surface area (Å²) < 4.78 is 17.0. The number of halogens is 2. The van der Waals surface area contributed by atoms with Gasteiger partial charge in [-0.05, 0) is 60.0 Å². The molecule has 2 amide bonds. The molecule has 0 unspecified atom stereocenters. The Hall–Kier alpha value is -5.30. The van der Waals surface area contributed by atoms with Crippen molar-refractivity contribution in [2.24, 2.45) is 5.16 Å². The Morgan fingerprint density at radius 1 is 1.02 bits per heavy atom. The number of aromatic carboxylic acids is 1. The number of fused-ring (bicyclic) bond motifs is 2. The first-order chi connectivity index (χ1) is 23.6. The van der Waals surface area contributed by atoms with Crippen molar-refractivity contribution in [1.29, 1.82) is 0 Å². The van der Waals surface area contributed by atoms with Gasteiger partial charge in [0.05, 0.1) is 22.8 Å². The number of aromatic nitrogens is 3. The molecule has 2 atom stereocenters. The van der Waals surface area contributed by atoms with E-state index in [1.54, 1.807) is 6.07 Å². The second-order valence-corrected chi connectivity index (χ2v) is 12.9. The van der Waals surface area contributed by atoms with E-state index >= 15 is 0 Å². The number of carbonyl (C=O) groups excluding carboxylic acids is 2. The topological polar surface area (TPSA) is 142 Å². The Balaban J connectivity index is 1.19. The molecule has 2 N–H and O–H groups in total. The number of oxime groups is 1. The van der Waals surface area contributed by atoms with Gasteiger partial charge in [-0.2, -0.15) is 0 Å². The average molecular weight is 686 g/mol. The van der Waals surface area contributed by atoms with E-state index in [1.165, 1.54) is 41.3 Å². The first-order valence-electron chi connectivity index (χ1n) is 16.0. The number of carboxylic acids is 1. The van der Waals surface area contributed by atoms with E-state index in [4.69, 9.17) is 16.4 Å². The maximum atomic E-state index is 14.8. The number of nitrogens with zero attached hydrogens (tertiary/aromatic N) is 6. The number of benzene rings is 3. The standard InChI is InChI=1S/C35H33ClFN7O5/c1-19(2)32-40-39-29-18-42(15-16-43(29)32)27-8-4-5-23-22(27)13-14-44(31(23)33(45)38-21-11-9-20(10-12-21)35(47)48)34(46)28-17-26(41-49-28)24-6-3-7-25(36)30(24)37/h3-12,19,28,31H,13-18H2,1-2H3,(H,38,45)(H,47,48)/t28-,31-/m1/s1. The van der Waals surface area contributed by atoms with Crippen molar-refractivity contribution in [3.8, 4) is 0 Å². The van der Waals surface area contributed by atoms with Crippen LogP contribution in [-0.2, 0) is 33.9 Å². The lowest BCUT2D eigenvalue weighted by molar-refractivity contribution is -0.148. The average Bonchev–Trinajstić information content (AvgIpc) is 3.76. The summed E-state index contributed by atoms with van der Waals surface area (Å²) in [5, 5.41) is 25.0. The Bertz CT molecular complexity index is 2000. The number of hydrogen-bond acceptors (Lipinski definition) is 8. The lowest BCUT2D eigenvalue weighted by atomic mass is 9.89. The molecule has 7 rings (SSSR count). The molecule has 49 heavy (non-hydrogen) atoms. The summed E-state index contributed by atoms with van der Waals surface area (Å²) in [5.41, 5.74) is 3.39. The predicted octanol–water partition coefficient (Wildman–Crippen LogP) is 5.17. The van der Waals surface area contributed by atoms with Crippen LogP contribution in [0.5, 0.6) is 0 Å². The van der Waals surface area contributed by atoms with Crippen LogP contribution in [0, 0.1) is 5.82 Å². The van der Waals surface area contributed by atoms with Crippen LogP contribution < -0.4 is 10.2 Å². The molecule has 252 valence electrons. The highest BCUT2D eigenvalue weighted by molar-refractivity contribution is 6.31. The summed E-state index contributed by atoms with van der Waals surface area (Å²) in [6.45, 7) is 6.37. The lowest BCUT2D eigenvalue weighted by Crippen LogP contribution is -2.49. The zero-order valence-electron chi connectivity index (χ0n) is 26.8. The monoisotopic (exact) mass is 685 g/mol. The number of anilines is 2. The maximum Gasteiger partial charge on any atom is 0.335 e. The molecule has 4 aromatic rings. The van der Waals surface area contributed by atoms with Gasteiger partial charge in [0.15, 0.2) is 11.6 Å². The third-order valence-corrected chi connectivity index (χ3v) is 9.46. The quantitative estimate of drug-likeness (QED) is 0.271. The Morgan fingerprint density at radius 2 is 1.80 bits per heavy atom. The van der Waals surface area contributed by atoms with Gasteiger partial charge in [-0.25, -0.2) is 9.18 Å². The summed E-state index contributed by atoms with van der Waals surface area (Å²) in [4.78, 5) is 48.9. The van der Waals surface area contributed by atoms with Gasteiger partial charge in [-0.1, -0.05) is 48.8 Å². The van der Waals surface area contributed by atoms with E-state index in [1.807, 2.05) is 18.2 Å². The third kappa shape index (κ3) is 5.99. The smallest absolute Gasteiger partial charge is 0.335 e. The zero-order valence-corrected chi connectivity index (χ0v) is 27.5. The van der Waals surface area contributed by atoms with Gasteiger partial charge in [-0.3, -0.25) is 9.59 Å². The number of hydrogen-bond donors (Lipinski definition) is 2. The van der Waals surface area contributed by atoms with Crippen molar-refractivity contribution in [2.75, 3.05) is 23.3 Å².